The summed E-state index contributed by atoms with van der Waals surface area (Å²) in [5, 5.41) is 9.85. The normalized spacial score (nSPS) is 15.3. The molecule has 1 aliphatic heterocycles. The summed E-state index contributed by atoms with van der Waals surface area (Å²) in [6.07, 6.45) is 1.89. The number of pyridine rings is 1. The summed E-state index contributed by atoms with van der Waals surface area (Å²) < 4.78 is 1.77. The van der Waals surface area contributed by atoms with E-state index in [-0.39, 0.29) is 18.0 Å². The first-order chi connectivity index (χ1) is 16.8. The minimum atomic E-state index is -0.0735. The molecule has 4 heterocycles. The van der Waals surface area contributed by atoms with Gasteiger partial charge in [-0.05, 0) is 38.5 Å². The Bertz CT molecular complexity index is 1390. The molecule has 10 heteroatoms. The van der Waals surface area contributed by atoms with Crippen LogP contribution >= 0.6 is 11.6 Å². The first-order valence-corrected chi connectivity index (χ1v) is 12.3. The second-order valence-corrected chi connectivity index (χ2v) is 9.58. The van der Waals surface area contributed by atoms with Crippen LogP contribution in [-0.4, -0.2) is 61.7 Å². The lowest BCUT2D eigenvalue weighted by Gasteiger charge is -2.34. The molecule has 0 saturated carbocycles. The molecule has 1 aromatic carbocycles. The van der Waals surface area contributed by atoms with Crippen molar-refractivity contribution >= 4 is 51.2 Å². The standard InChI is InChI=1S/C25H29ClN8O/c1-15(2)34-23(26)21-22(31-34)24(30-25(29-21)33-11-9-32(10-12-33)17(4)35)28-16(3)19-13-18-7-5-6-8-20(18)27-14-19/h5-8,13-16H,9-12H2,1-4H3,(H,28,29,30)/t16-/m1/s1. The fourth-order valence-electron chi connectivity index (χ4n) is 4.36. The van der Waals surface area contributed by atoms with Gasteiger partial charge in [-0.15, -0.1) is 0 Å². The van der Waals surface area contributed by atoms with Gasteiger partial charge in [0.1, 0.15) is 5.52 Å². The molecule has 1 atom stereocenters. The molecule has 3 aromatic heterocycles. The molecule has 1 saturated heterocycles. The highest BCUT2D eigenvalue weighted by Crippen LogP contribution is 2.32. The van der Waals surface area contributed by atoms with E-state index >= 15 is 0 Å². The number of rotatable bonds is 5. The third kappa shape index (κ3) is 4.48. The van der Waals surface area contributed by atoms with Crippen LogP contribution in [0.2, 0.25) is 5.15 Å². The number of carbonyl (C=O) groups excluding carboxylic acids is 1. The van der Waals surface area contributed by atoms with E-state index in [0.717, 1.165) is 16.5 Å². The van der Waals surface area contributed by atoms with E-state index in [1.54, 1.807) is 11.6 Å². The summed E-state index contributed by atoms with van der Waals surface area (Å²) in [6.45, 7) is 10.3. The first kappa shape index (κ1) is 23.3. The highest BCUT2D eigenvalue weighted by Gasteiger charge is 2.25. The van der Waals surface area contributed by atoms with Crippen LogP contribution in [0.4, 0.5) is 11.8 Å². The minimum Gasteiger partial charge on any atom is -0.361 e. The Morgan fingerprint density at radius 1 is 1.06 bits per heavy atom. The fourth-order valence-corrected chi connectivity index (χ4v) is 4.73. The molecule has 0 radical (unpaired) electrons. The zero-order chi connectivity index (χ0) is 24.7. The number of nitrogens with one attached hydrogen (secondary N) is 1. The average Bonchev–Trinajstić information content (AvgIpc) is 3.20. The van der Waals surface area contributed by atoms with Crippen molar-refractivity contribution in [3.63, 3.8) is 0 Å². The summed E-state index contributed by atoms with van der Waals surface area (Å²) >= 11 is 6.72. The molecule has 0 bridgehead atoms. The molecule has 0 unspecified atom stereocenters. The molecule has 182 valence electrons. The van der Waals surface area contributed by atoms with Crippen molar-refractivity contribution in [3.05, 3.63) is 47.2 Å². The quantitative estimate of drug-likeness (QED) is 0.440. The number of halogens is 1. The minimum absolute atomic E-state index is 0.0735. The topological polar surface area (TPSA) is 92.1 Å². The Morgan fingerprint density at radius 3 is 2.51 bits per heavy atom. The maximum absolute atomic E-state index is 11.8. The van der Waals surface area contributed by atoms with E-state index in [1.807, 2.05) is 43.1 Å². The largest absolute Gasteiger partial charge is 0.361 e. The molecular weight excluding hydrogens is 464 g/mol. The van der Waals surface area contributed by atoms with E-state index in [0.29, 0.717) is 54.1 Å². The van der Waals surface area contributed by atoms with Gasteiger partial charge >= 0.3 is 0 Å². The molecular formula is C25H29ClN8O. The summed E-state index contributed by atoms with van der Waals surface area (Å²) in [5.41, 5.74) is 3.25. The van der Waals surface area contributed by atoms with Crippen LogP contribution in [0.3, 0.4) is 0 Å². The third-order valence-electron chi connectivity index (χ3n) is 6.44. The first-order valence-electron chi connectivity index (χ1n) is 11.9. The van der Waals surface area contributed by atoms with Gasteiger partial charge in [-0.2, -0.15) is 10.1 Å². The number of aromatic nitrogens is 5. The molecule has 0 spiro atoms. The summed E-state index contributed by atoms with van der Waals surface area (Å²) in [5.74, 6) is 1.29. The van der Waals surface area contributed by atoms with Gasteiger partial charge in [0, 0.05) is 50.7 Å². The van der Waals surface area contributed by atoms with Gasteiger partial charge in [0.2, 0.25) is 11.9 Å². The predicted molar refractivity (Wildman–Crippen MR) is 139 cm³/mol. The third-order valence-corrected chi connectivity index (χ3v) is 6.79. The molecule has 1 aliphatic rings. The number of amides is 1. The van der Waals surface area contributed by atoms with Crippen molar-refractivity contribution in [2.45, 2.75) is 39.8 Å². The average molecular weight is 493 g/mol. The zero-order valence-corrected chi connectivity index (χ0v) is 21.1. The number of para-hydroxylation sites is 1. The Hall–Kier alpha value is -3.46. The number of hydrogen-bond donors (Lipinski definition) is 1. The molecule has 4 aromatic rings. The highest BCUT2D eigenvalue weighted by atomic mass is 35.5. The smallest absolute Gasteiger partial charge is 0.228 e. The lowest BCUT2D eigenvalue weighted by atomic mass is 10.1. The van der Waals surface area contributed by atoms with Crippen LogP contribution < -0.4 is 10.2 Å². The van der Waals surface area contributed by atoms with Crippen molar-refractivity contribution in [2.24, 2.45) is 0 Å². The molecule has 5 rings (SSSR count). The van der Waals surface area contributed by atoms with E-state index in [9.17, 15) is 4.79 Å². The van der Waals surface area contributed by atoms with Crippen molar-refractivity contribution in [1.82, 2.24) is 29.6 Å². The van der Waals surface area contributed by atoms with E-state index < -0.39 is 0 Å². The Balaban J connectivity index is 1.52. The second-order valence-electron chi connectivity index (χ2n) is 9.22. The maximum Gasteiger partial charge on any atom is 0.228 e. The fraction of sp³-hybridized carbons (Fsp3) is 0.400. The van der Waals surface area contributed by atoms with Gasteiger partial charge in [0.25, 0.3) is 0 Å². The second kappa shape index (κ2) is 9.30. The molecule has 0 aliphatic carbocycles. The monoisotopic (exact) mass is 492 g/mol. The van der Waals surface area contributed by atoms with Crippen LogP contribution in [0.15, 0.2) is 36.5 Å². The number of piperazine rings is 1. The van der Waals surface area contributed by atoms with Crippen LogP contribution in [0.25, 0.3) is 21.9 Å². The lowest BCUT2D eigenvalue weighted by Crippen LogP contribution is -2.48. The van der Waals surface area contributed by atoms with Gasteiger partial charge < -0.3 is 15.1 Å². The van der Waals surface area contributed by atoms with Gasteiger partial charge in [-0.25, -0.2) is 9.67 Å². The lowest BCUT2D eigenvalue weighted by molar-refractivity contribution is -0.129. The zero-order valence-electron chi connectivity index (χ0n) is 20.4. The van der Waals surface area contributed by atoms with Gasteiger partial charge in [0.15, 0.2) is 16.5 Å². The predicted octanol–water partition coefficient (Wildman–Crippen LogP) is 4.45. The number of hydrogen-bond acceptors (Lipinski definition) is 7. The number of fused-ring (bicyclic) bond motifs is 2. The number of anilines is 2. The number of benzene rings is 1. The van der Waals surface area contributed by atoms with E-state index in [2.05, 4.69) is 34.3 Å². The van der Waals surface area contributed by atoms with Gasteiger partial charge in [-0.1, -0.05) is 29.8 Å². The summed E-state index contributed by atoms with van der Waals surface area (Å²) in [7, 11) is 0. The van der Waals surface area contributed by atoms with E-state index in [1.165, 1.54) is 0 Å². The molecule has 1 fully saturated rings. The van der Waals surface area contributed by atoms with Crippen LogP contribution in [0, 0.1) is 0 Å². The SMILES string of the molecule is CC(=O)N1CCN(c2nc(N[C@H](C)c3cnc4ccccc4c3)c3nn(C(C)C)c(Cl)c3n2)CC1. The van der Waals surface area contributed by atoms with E-state index in [4.69, 9.17) is 26.7 Å². The van der Waals surface area contributed by atoms with Gasteiger partial charge in [0.05, 0.1) is 11.6 Å². The van der Waals surface area contributed by atoms with Crippen molar-refractivity contribution in [1.29, 1.82) is 0 Å². The molecule has 1 amide bonds. The molecule has 1 N–H and O–H groups in total. The van der Waals surface area contributed by atoms with Crippen molar-refractivity contribution in [3.8, 4) is 0 Å². The highest BCUT2D eigenvalue weighted by molar-refractivity contribution is 6.34. The van der Waals surface area contributed by atoms with Crippen molar-refractivity contribution < 1.29 is 4.79 Å². The Morgan fingerprint density at radius 2 is 1.80 bits per heavy atom. The van der Waals surface area contributed by atoms with Crippen LogP contribution in [0.1, 0.15) is 45.3 Å². The summed E-state index contributed by atoms with van der Waals surface area (Å²) in [4.78, 5) is 30.0. The summed E-state index contributed by atoms with van der Waals surface area (Å²) in [6, 6.07) is 10.2. The molecule has 35 heavy (non-hydrogen) atoms. The maximum atomic E-state index is 11.8. The van der Waals surface area contributed by atoms with Crippen LogP contribution in [0.5, 0.6) is 0 Å². The van der Waals surface area contributed by atoms with Crippen LogP contribution in [-0.2, 0) is 4.79 Å². The van der Waals surface area contributed by atoms with Crippen molar-refractivity contribution in [2.75, 3.05) is 36.4 Å². The Labute approximate surface area is 209 Å². The molecule has 9 nitrogen and oxygen atoms in total. The number of carbonyl (C=O) groups is 1. The number of nitrogens with zero attached hydrogens (tertiary/aromatic N) is 7. The van der Waals surface area contributed by atoms with Gasteiger partial charge in [-0.3, -0.25) is 9.78 Å². The Kier molecular flexibility index (Phi) is 6.19.